The number of benzene rings is 2. The van der Waals surface area contributed by atoms with Crippen LogP contribution in [0.4, 0.5) is 11.4 Å². The van der Waals surface area contributed by atoms with Crippen molar-refractivity contribution >= 4 is 17.3 Å². The average Bonchev–Trinajstić information content (AvgIpc) is 2.69. The first-order valence-corrected chi connectivity index (χ1v) is 8.53. The highest BCUT2D eigenvalue weighted by Gasteiger charge is 2.30. The Kier molecular flexibility index (Phi) is 5.33. The highest BCUT2D eigenvalue weighted by molar-refractivity contribution is 5.81. The van der Waals surface area contributed by atoms with Crippen molar-refractivity contribution in [1.29, 1.82) is 5.26 Å². The zero-order chi connectivity index (χ0) is 19.4. The Morgan fingerprint density at radius 1 is 1.15 bits per heavy atom. The summed E-state index contributed by atoms with van der Waals surface area (Å²) in [7, 11) is 0. The fraction of sp³-hybridized carbons (Fsp3) is 0.263. The van der Waals surface area contributed by atoms with Gasteiger partial charge in [0.15, 0.2) is 0 Å². The summed E-state index contributed by atoms with van der Waals surface area (Å²) < 4.78 is 0. The Labute approximate surface area is 156 Å². The second-order valence-corrected chi connectivity index (χ2v) is 6.31. The minimum Gasteiger partial charge on any atom is -0.368 e. The monoisotopic (exact) mass is 365 g/mol. The van der Waals surface area contributed by atoms with E-state index in [0.29, 0.717) is 31.9 Å². The van der Waals surface area contributed by atoms with E-state index >= 15 is 0 Å². The fourth-order valence-corrected chi connectivity index (χ4v) is 3.42. The van der Waals surface area contributed by atoms with E-state index in [-0.39, 0.29) is 11.3 Å². The van der Waals surface area contributed by atoms with Crippen LogP contribution in [-0.2, 0) is 4.79 Å². The van der Waals surface area contributed by atoms with Gasteiger partial charge in [0, 0.05) is 32.2 Å². The molecule has 2 aromatic rings. The van der Waals surface area contributed by atoms with Crippen LogP contribution in [0.3, 0.4) is 0 Å². The molecule has 1 atom stereocenters. The zero-order valence-electron chi connectivity index (χ0n) is 14.6. The van der Waals surface area contributed by atoms with Gasteiger partial charge in [-0.15, -0.1) is 0 Å². The largest absolute Gasteiger partial charge is 0.368 e. The second kappa shape index (κ2) is 7.85. The lowest BCUT2D eigenvalue weighted by Gasteiger charge is -2.39. The van der Waals surface area contributed by atoms with Gasteiger partial charge in [-0.05, 0) is 17.7 Å². The molecule has 1 amide bonds. The molecule has 8 nitrogen and oxygen atoms in total. The number of primary amides is 1. The molecule has 1 fully saturated rings. The molecule has 1 saturated heterocycles. The highest BCUT2D eigenvalue weighted by atomic mass is 16.6. The van der Waals surface area contributed by atoms with Crippen LogP contribution >= 0.6 is 0 Å². The Balaban J connectivity index is 1.78. The Morgan fingerprint density at radius 2 is 1.81 bits per heavy atom. The molecule has 0 saturated carbocycles. The number of piperazine rings is 1. The summed E-state index contributed by atoms with van der Waals surface area (Å²) in [6.45, 7) is 2.12. The van der Waals surface area contributed by atoms with E-state index in [1.807, 2.05) is 46.2 Å². The van der Waals surface area contributed by atoms with Crippen molar-refractivity contribution in [2.24, 2.45) is 5.73 Å². The van der Waals surface area contributed by atoms with Crippen LogP contribution in [0.2, 0.25) is 0 Å². The number of rotatable bonds is 5. The minimum absolute atomic E-state index is 0.0861. The first-order valence-electron chi connectivity index (χ1n) is 8.53. The molecular formula is C19H19N5O3. The number of hydrogen-bond donors (Lipinski definition) is 1. The molecule has 0 aliphatic carbocycles. The van der Waals surface area contributed by atoms with Crippen LogP contribution in [0.25, 0.3) is 0 Å². The van der Waals surface area contributed by atoms with Gasteiger partial charge >= 0.3 is 0 Å². The quantitative estimate of drug-likeness (QED) is 0.638. The van der Waals surface area contributed by atoms with Gasteiger partial charge in [0.05, 0.1) is 16.6 Å². The van der Waals surface area contributed by atoms with Gasteiger partial charge in [0.2, 0.25) is 5.91 Å². The molecule has 3 rings (SSSR count). The summed E-state index contributed by atoms with van der Waals surface area (Å²) in [6.07, 6.45) is 0. The van der Waals surface area contributed by atoms with Gasteiger partial charge in [-0.3, -0.25) is 19.8 Å². The molecule has 138 valence electrons. The number of nitro benzene ring substituents is 1. The van der Waals surface area contributed by atoms with Crippen LogP contribution in [0, 0.1) is 21.4 Å². The average molecular weight is 365 g/mol. The van der Waals surface area contributed by atoms with E-state index in [0.717, 1.165) is 5.56 Å². The fourth-order valence-electron chi connectivity index (χ4n) is 3.42. The van der Waals surface area contributed by atoms with Gasteiger partial charge in [-0.1, -0.05) is 30.3 Å². The molecule has 1 aliphatic heterocycles. The molecule has 0 spiro atoms. The molecule has 0 bridgehead atoms. The maximum absolute atomic E-state index is 12.0. The highest BCUT2D eigenvalue weighted by Crippen LogP contribution is 2.31. The first-order chi connectivity index (χ1) is 13.0. The number of nitrogens with zero attached hydrogens (tertiary/aromatic N) is 4. The normalized spacial score (nSPS) is 15.7. The molecule has 0 radical (unpaired) electrons. The summed E-state index contributed by atoms with van der Waals surface area (Å²) in [6, 6.07) is 15.2. The van der Waals surface area contributed by atoms with Crippen molar-refractivity contribution in [3.63, 3.8) is 0 Å². The van der Waals surface area contributed by atoms with Gasteiger partial charge in [-0.25, -0.2) is 0 Å². The third-order valence-corrected chi connectivity index (χ3v) is 4.71. The van der Waals surface area contributed by atoms with Gasteiger partial charge in [0.25, 0.3) is 5.69 Å². The molecule has 2 aromatic carbocycles. The van der Waals surface area contributed by atoms with E-state index in [4.69, 9.17) is 11.0 Å². The number of hydrogen-bond acceptors (Lipinski definition) is 6. The van der Waals surface area contributed by atoms with Crippen LogP contribution in [0.1, 0.15) is 17.2 Å². The van der Waals surface area contributed by atoms with Crippen molar-refractivity contribution in [3.8, 4) is 6.07 Å². The number of amides is 1. The Bertz CT molecular complexity index is 886. The summed E-state index contributed by atoms with van der Waals surface area (Å²) >= 11 is 0. The SMILES string of the molecule is N#Cc1ccc(N2CCN([C@@H](C(N)=O)c3ccccc3)CC2)c([N+](=O)[O-])c1. The van der Waals surface area contributed by atoms with Crippen molar-refractivity contribution < 1.29 is 9.72 Å². The van der Waals surface area contributed by atoms with Crippen LogP contribution in [0.5, 0.6) is 0 Å². The van der Waals surface area contributed by atoms with Crippen LogP contribution in [-0.4, -0.2) is 41.9 Å². The predicted octanol–water partition coefficient (Wildman–Crippen LogP) is 1.82. The molecule has 1 heterocycles. The first kappa shape index (κ1) is 18.4. The van der Waals surface area contributed by atoms with E-state index in [1.165, 1.54) is 6.07 Å². The molecule has 0 aromatic heterocycles. The van der Waals surface area contributed by atoms with Gasteiger partial charge < -0.3 is 10.6 Å². The summed E-state index contributed by atoms with van der Waals surface area (Å²) in [5.41, 5.74) is 7.11. The molecule has 0 unspecified atom stereocenters. The van der Waals surface area contributed by atoms with E-state index in [9.17, 15) is 14.9 Å². The van der Waals surface area contributed by atoms with Gasteiger partial charge in [-0.2, -0.15) is 5.26 Å². The van der Waals surface area contributed by atoms with Crippen molar-refractivity contribution in [3.05, 3.63) is 69.8 Å². The second-order valence-electron chi connectivity index (χ2n) is 6.31. The number of carbonyl (C=O) groups is 1. The summed E-state index contributed by atoms with van der Waals surface area (Å²) in [5.74, 6) is -0.418. The standard InChI is InChI=1S/C19H19N5O3/c20-13-14-6-7-16(17(12-14)24(26)27)22-8-10-23(11-9-22)18(19(21)25)15-4-2-1-3-5-15/h1-7,12,18H,8-11H2,(H2,21,25)/t18-/m1/s1. The number of nitro groups is 1. The van der Waals surface area contributed by atoms with E-state index in [2.05, 4.69) is 0 Å². The lowest BCUT2D eigenvalue weighted by Crippen LogP contribution is -2.50. The van der Waals surface area contributed by atoms with E-state index in [1.54, 1.807) is 12.1 Å². The molecule has 8 heteroatoms. The zero-order valence-corrected chi connectivity index (χ0v) is 14.6. The Morgan fingerprint density at radius 3 is 2.37 bits per heavy atom. The molecule has 27 heavy (non-hydrogen) atoms. The van der Waals surface area contributed by atoms with Crippen LogP contribution in [0.15, 0.2) is 48.5 Å². The maximum atomic E-state index is 12.0. The van der Waals surface area contributed by atoms with Crippen molar-refractivity contribution in [1.82, 2.24) is 4.90 Å². The third-order valence-electron chi connectivity index (χ3n) is 4.71. The summed E-state index contributed by atoms with van der Waals surface area (Å²) in [4.78, 5) is 26.8. The van der Waals surface area contributed by atoms with Crippen LogP contribution < -0.4 is 10.6 Å². The number of nitrogens with two attached hydrogens (primary N) is 1. The number of anilines is 1. The predicted molar refractivity (Wildman–Crippen MR) is 100.0 cm³/mol. The van der Waals surface area contributed by atoms with Crippen molar-refractivity contribution in [2.75, 3.05) is 31.1 Å². The molecule has 1 aliphatic rings. The Hall–Kier alpha value is -3.44. The number of nitriles is 1. The molecular weight excluding hydrogens is 346 g/mol. The molecule has 2 N–H and O–H groups in total. The van der Waals surface area contributed by atoms with Crippen molar-refractivity contribution in [2.45, 2.75) is 6.04 Å². The van der Waals surface area contributed by atoms with E-state index < -0.39 is 16.9 Å². The van der Waals surface area contributed by atoms with Gasteiger partial charge in [0.1, 0.15) is 11.7 Å². The summed E-state index contributed by atoms with van der Waals surface area (Å²) in [5, 5.41) is 20.3. The maximum Gasteiger partial charge on any atom is 0.293 e. The third kappa shape index (κ3) is 3.88. The smallest absolute Gasteiger partial charge is 0.293 e. The lowest BCUT2D eigenvalue weighted by molar-refractivity contribution is -0.384. The topological polar surface area (TPSA) is 117 Å². The lowest BCUT2D eigenvalue weighted by atomic mass is 10.0. The minimum atomic E-state index is -0.524. The number of carbonyl (C=O) groups excluding carboxylic acids is 1.